The van der Waals surface area contributed by atoms with E-state index < -0.39 is 0 Å². The minimum absolute atomic E-state index is 0.210. The van der Waals surface area contributed by atoms with E-state index in [1.54, 1.807) is 0 Å². The summed E-state index contributed by atoms with van der Waals surface area (Å²) < 4.78 is 2.15. The van der Waals surface area contributed by atoms with Gasteiger partial charge in [-0.25, -0.2) is 0 Å². The molecule has 0 fully saturated rings. The van der Waals surface area contributed by atoms with Crippen LogP contribution in [0.5, 0.6) is 0 Å². The first-order valence-electron chi connectivity index (χ1n) is 7.28. The Labute approximate surface area is 140 Å². The van der Waals surface area contributed by atoms with Gasteiger partial charge in [-0.1, -0.05) is 53.5 Å². The average Bonchev–Trinajstić information content (AvgIpc) is 2.86. The van der Waals surface area contributed by atoms with Gasteiger partial charge in [-0.2, -0.15) is 0 Å². The Kier molecular flexibility index (Phi) is 4.44. The van der Waals surface area contributed by atoms with Crippen LogP contribution in [0.4, 0.5) is 0 Å². The molecule has 2 aromatic carbocycles. The summed E-state index contributed by atoms with van der Waals surface area (Å²) in [6.45, 7) is 0.566. The van der Waals surface area contributed by atoms with E-state index in [-0.39, 0.29) is 5.92 Å². The maximum absolute atomic E-state index is 6.33. The fraction of sp³-hybridized carbons (Fsp3) is 0.222. The largest absolute Gasteiger partial charge is 0.350 e. The summed E-state index contributed by atoms with van der Waals surface area (Å²) in [6, 6.07) is 14.1. The van der Waals surface area contributed by atoms with Crippen molar-refractivity contribution < 1.29 is 0 Å². The van der Waals surface area contributed by atoms with Crippen LogP contribution in [-0.2, 0) is 13.5 Å². The lowest BCUT2D eigenvalue weighted by Crippen LogP contribution is -2.15. The van der Waals surface area contributed by atoms with Crippen molar-refractivity contribution in [1.29, 1.82) is 0 Å². The number of nitrogens with two attached hydrogens (primary N) is 1. The summed E-state index contributed by atoms with van der Waals surface area (Å²) in [5, 5.41) is 2.47. The number of fused-ring (bicyclic) bond motifs is 1. The molecule has 0 saturated carbocycles. The molecule has 0 aliphatic rings. The van der Waals surface area contributed by atoms with Gasteiger partial charge in [-0.15, -0.1) is 0 Å². The number of hydrogen-bond donors (Lipinski definition) is 1. The van der Waals surface area contributed by atoms with Gasteiger partial charge >= 0.3 is 0 Å². The third-order valence-electron chi connectivity index (χ3n) is 4.15. The first-order valence-corrected chi connectivity index (χ1v) is 8.04. The van der Waals surface area contributed by atoms with Crippen molar-refractivity contribution in [1.82, 2.24) is 4.57 Å². The first-order chi connectivity index (χ1) is 10.6. The summed E-state index contributed by atoms with van der Waals surface area (Å²) >= 11 is 12.4. The van der Waals surface area contributed by atoms with Crippen LogP contribution >= 0.6 is 23.2 Å². The zero-order valence-corrected chi connectivity index (χ0v) is 13.9. The molecule has 1 aromatic heterocycles. The number of nitrogens with zero attached hydrogens (tertiary/aromatic N) is 1. The molecule has 114 valence electrons. The molecule has 0 amide bonds. The average molecular weight is 333 g/mol. The fourth-order valence-electron chi connectivity index (χ4n) is 2.99. The van der Waals surface area contributed by atoms with Crippen molar-refractivity contribution in [2.45, 2.75) is 12.3 Å². The number of halogens is 2. The Morgan fingerprint density at radius 1 is 1.09 bits per heavy atom. The van der Waals surface area contributed by atoms with Gasteiger partial charge in [0.2, 0.25) is 0 Å². The Hall–Kier alpha value is -1.48. The van der Waals surface area contributed by atoms with E-state index in [9.17, 15) is 0 Å². The number of aromatic nitrogens is 1. The predicted octanol–water partition coefficient (Wildman–Crippen LogP) is 4.77. The Bertz CT molecular complexity index is 808. The van der Waals surface area contributed by atoms with E-state index >= 15 is 0 Å². The molecule has 1 atom stereocenters. The summed E-state index contributed by atoms with van der Waals surface area (Å²) in [5.74, 6) is 0.210. The highest BCUT2D eigenvalue weighted by atomic mass is 35.5. The molecule has 4 heteroatoms. The van der Waals surface area contributed by atoms with Crippen LogP contribution in [0.3, 0.4) is 0 Å². The standard InChI is InChI=1S/C18H18Cl2N2/c1-22-11-15(14-6-2-3-8-17(14)22)13(10-21)9-12-5-4-7-16(19)18(12)20/h2-8,11,13H,9-10,21H2,1H3. The molecule has 3 aromatic rings. The van der Waals surface area contributed by atoms with Gasteiger partial charge in [0.25, 0.3) is 0 Å². The molecule has 1 heterocycles. The lowest BCUT2D eigenvalue weighted by Gasteiger charge is -2.16. The van der Waals surface area contributed by atoms with Crippen LogP contribution < -0.4 is 5.73 Å². The van der Waals surface area contributed by atoms with E-state index in [1.807, 2.05) is 18.2 Å². The van der Waals surface area contributed by atoms with Crippen molar-refractivity contribution in [3.63, 3.8) is 0 Å². The van der Waals surface area contributed by atoms with Crippen molar-refractivity contribution >= 4 is 34.1 Å². The number of para-hydroxylation sites is 1. The highest BCUT2D eigenvalue weighted by molar-refractivity contribution is 6.42. The highest BCUT2D eigenvalue weighted by Crippen LogP contribution is 2.33. The second-order valence-corrected chi connectivity index (χ2v) is 6.35. The van der Waals surface area contributed by atoms with E-state index in [4.69, 9.17) is 28.9 Å². The van der Waals surface area contributed by atoms with Gasteiger partial charge in [0.15, 0.2) is 0 Å². The lowest BCUT2D eigenvalue weighted by molar-refractivity contribution is 0.696. The topological polar surface area (TPSA) is 30.9 Å². The molecular weight excluding hydrogens is 315 g/mol. The molecule has 2 N–H and O–H groups in total. The smallest absolute Gasteiger partial charge is 0.0624 e. The first kappa shape index (κ1) is 15.4. The molecule has 2 nitrogen and oxygen atoms in total. The highest BCUT2D eigenvalue weighted by Gasteiger charge is 2.18. The maximum atomic E-state index is 6.33. The number of benzene rings is 2. The molecular formula is C18H18Cl2N2. The van der Waals surface area contributed by atoms with Crippen LogP contribution in [-0.4, -0.2) is 11.1 Å². The Balaban J connectivity index is 2.02. The van der Waals surface area contributed by atoms with Gasteiger partial charge in [-0.05, 0) is 36.2 Å². The van der Waals surface area contributed by atoms with Crippen molar-refractivity contribution in [2.75, 3.05) is 6.54 Å². The van der Waals surface area contributed by atoms with Crippen LogP contribution in [0.25, 0.3) is 10.9 Å². The molecule has 1 unspecified atom stereocenters. The summed E-state index contributed by atoms with van der Waals surface area (Å²) in [7, 11) is 2.06. The Morgan fingerprint density at radius 2 is 1.86 bits per heavy atom. The molecule has 22 heavy (non-hydrogen) atoms. The van der Waals surface area contributed by atoms with Gasteiger partial charge in [0.1, 0.15) is 0 Å². The Morgan fingerprint density at radius 3 is 2.64 bits per heavy atom. The van der Waals surface area contributed by atoms with E-state index in [2.05, 4.69) is 42.1 Å². The molecule has 0 radical (unpaired) electrons. The zero-order chi connectivity index (χ0) is 15.7. The van der Waals surface area contributed by atoms with E-state index in [0.29, 0.717) is 16.6 Å². The summed E-state index contributed by atoms with van der Waals surface area (Å²) in [6.07, 6.45) is 2.95. The number of rotatable bonds is 4. The fourth-order valence-corrected chi connectivity index (χ4v) is 3.39. The van der Waals surface area contributed by atoms with Crippen molar-refractivity contribution in [3.05, 3.63) is 69.8 Å². The number of hydrogen-bond acceptors (Lipinski definition) is 1. The van der Waals surface area contributed by atoms with Crippen LogP contribution in [0.1, 0.15) is 17.0 Å². The van der Waals surface area contributed by atoms with Crippen LogP contribution in [0.2, 0.25) is 10.0 Å². The zero-order valence-electron chi connectivity index (χ0n) is 12.4. The van der Waals surface area contributed by atoms with Gasteiger partial charge in [0.05, 0.1) is 10.0 Å². The summed E-state index contributed by atoms with van der Waals surface area (Å²) in [5.41, 5.74) is 9.57. The quantitative estimate of drug-likeness (QED) is 0.732. The normalized spacial score (nSPS) is 12.7. The van der Waals surface area contributed by atoms with E-state index in [0.717, 1.165) is 12.0 Å². The molecule has 0 spiro atoms. The SMILES string of the molecule is Cn1cc(C(CN)Cc2cccc(Cl)c2Cl)c2ccccc21. The molecule has 0 aliphatic carbocycles. The molecule has 0 saturated heterocycles. The predicted molar refractivity (Wildman–Crippen MR) is 94.9 cm³/mol. The maximum Gasteiger partial charge on any atom is 0.0624 e. The lowest BCUT2D eigenvalue weighted by atomic mass is 9.92. The summed E-state index contributed by atoms with van der Waals surface area (Å²) in [4.78, 5) is 0. The minimum Gasteiger partial charge on any atom is -0.350 e. The second-order valence-electron chi connectivity index (χ2n) is 5.56. The second kappa shape index (κ2) is 6.33. The van der Waals surface area contributed by atoms with E-state index in [1.165, 1.54) is 16.5 Å². The van der Waals surface area contributed by atoms with Crippen LogP contribution in [0, 0.1) is 0 Å². The minimum atomic E-state index is 0.210. The molecule has 0 aliphatic heterocycles. The molecule has 3 rings (SSSR count). The number of aryl methyl sites for hydroxylation is 1. The van der Waals surface area contributed by atoms with Crippen LogP contribution in [0.15, 0.2) is 48.7 Å². The van der Waals surface area contributed by atoms with Crippen molar-refractivity contribution in [3.8, 4) is 0 Å². The van der Waals surface area contributed by atoms with Gasteiger partial charge in [-0.3, -0.25) is 0 Å². The van der Waals surface area contributed by atoms with Gasteiger partial charge in [0, 0.05) is 30.1 Å². The van der Waals surface area contributed by atoms with Gasteiger partial charge < -0.3 is 10.3 Å². The monoisotopic (exact) mass is 332 g/mol. The third kappa shape index (κ3) is 2.74. The third-order valence-corrected chi connectivity index (χ3v) is 5.01. The van der Waals surface area contributed by atoms with Crippen molar-refractivity contribution in [2.24, 2.45) is 12.8 Å². The molecule has 0 bridgehead atoms.